The first-order valence-corrected chi connectivity index (χ1v) is 12.8. The van der Waals surface area contributed by atoms with Crippen LogP contribution >= 0.6 is 0 Å². The van der Waals surface area contributed by atoms with Gasteiger partial charge >= 0.3 is 0 Å². The minimum Gasteiger partial charge on any atom is -0.457 e. The molecule has 4 aromatic carbocycles. The van der Waals surface area contributed by atoms with E-state index in [9.17, 15) is 0 Å². The molecule has 0 N–H and O–H groups in total. The van der Waals surface area contributed by atoms with Crippen molar-refractivity contribution in [2.45, 2.75) is 38.5 Å². The van der Waals surface area contributed by atoms with Gasteiger partial charge in [-0.3, -0.25) is 0 Å². The zero-order valence-corrected chi connectivity index (χ0v) is 21.0. The fourth-order valence-corrected chi connectivity index (χ4v) is 6.97. The molecule has 0 aliphatic heterocycles. The van der Waals surface area contributed by atoms with E-state index in [2.05, 4.69) is 123 Å². The predicted molar refractivity (Wildman–Crippen MR) is 148 cm³/mol. The van der Waals surface area contributed by atoms with E-state index in [-0.39, 0.29) is 10.8 Å². The SMILES string of the molecule is CC1(C)c2ccccc2-c2cc(-n3c4ccccc4c4oc5c(c43)-c3ccccc3C5(C)C)ccc21. The summed E-state index contributed by atoms with van der Waals surface area (Å²) in [5.74, 6) is 1.07. The van der Waals surface area contributed by atoms with Crippen molar-refractivity contribution in [1.29, 1.82) is 0 Å². The molecule has 2 aliphatic rings. The third-order valence-corrected chi connectivity index (χ3v) is 8.76. The molecule has 0 unspecified atom stereocenters. The minimum absolute atomic E-state index is 0.00160. The lowest BCUT2D eigenvalue weighted by atomic mass is 9.82. The van der Waals surface area contributed by atoms with Crippen LogP contribution in [0.3, 0.4) is 0 Å². The quantitative estimate of drug-likeness (QED) is 0.237. The summed E-state index contributed by atoms with van der Waals surface area (Å²) in [6, 6.07) is 33.3. The van der Waals surface area contributed by atoms with Crippen molar-refractivity contribution in [3.05, 3.63) is 113 Å². The summed E-state index contributed by atoms with van der Waals surface area (Å²) in [7, 11) is 0. The molecule has 6 aromatic rings. The summed E-state index contributed by atoms with van der Waals surface area (Å²) in [4.78, 5) is 0. The van der Waals surface area contributed by atoms with Crippen LogP contribution in [0, 0.1) is 0 Å². The van der Waals surface area contributed by atoms with Crippen molar-refractivity contribution < 1.29 is 4.42 Å². The number of fused-ring (bicyclic) bond motifs is 10. The monoisotopic (exact) mass is 465 g/mol. The number of hydrogen-bond acceptors (Lipinski definition) is 1. The fraction of sp³-hybridized carbons (Fsp3) is 0.176. The largest absolute Gasteiger partial charge is 0.457 e. The second-order valence-electron chi connectivity index (χ2n) is 11.4. The predicted octanol–water partition coefficient (Wildman–Crippen LogP) is 8.99. The summed E-state index contributed by atoms with van der Waals surface area (Å²) in [6.07, 6.45) is 0. The van der Waals surface area contributed by atoms with E-state index in [0.29, 0.717) is 0 Å². The van der Waals surface area contributed by atoms with Crippen molar-refractivity contribution in [3.8, 4) is 27.9 Å². The van der Waals surface area contributed by atoms with E-state index in [1.54, 1.807) is 0 Å². The Morgan fingerprint density at radius 2 is 1.25 bits per heavy atom. The summed E-state index contributed by atoms with van der Waals surface area (Å²) < 4.78 is 9.21. The molecule has 2 nitrogen and oxygen atoms in total. The first kappa shape index (κ1) is 20.2. The van der Waals surface area contributed by atoms with Gasteiger partial charge in [0.1, 0.15) is 11.3 Å². The smallest absolute Gasteiger partial charge is 0.161 e. The normalized spacial score (nSPS) is 16.2. The molecule has 36 heavy (non-hydrogen) atoms. The lowest BCUT2D eigenvalue weighted by molar-refractivity contribution is 0.466. The molecule has 174 valence electrons. The van der Waals surface area contributed by atoms with E-state index < -0.39 is 0 Å². The standard InChI is InChI=1S/C34H27NO/c1-33(2)25-14-8-5-11-21(25)24-19-20(17-18-27(24)33)35-28-16-10-7-13-23(28)31-30(35)29-22-12-6-9-15-26(22)34(3,4)32(29)36-31/h5-19H,1-4H3. The van der Waals surface area contributed by atoms with E-state index in [1.165, 1.54) is 55.7 Å². The molecule has 2 aromatic heterocycles. The number of rotatable bonds is 1. The Balaban J connectivity index is 1.50. The van der Waals surface area contributed by atoms with Gasteiger partial charge < -0.3 is 8.98 Å². The van der Waals surface area contributed by atoms with Gasteiger partial charge in [-0.2, -0.15) is 0 Å². The van der Waals surface area contributed by atoms with E-state index in [4.69, 9.17) is 4.42 Å². The number of furan rings is 1. The summed E-state index contributed by atoms with van der Waals surface area (Å²) in [5.41, 5.74) is 13.7. The van der Waals surface area contributed by atoms with Crippen LogP contribution in [0.2, 0.25) is 0 Å². The summed E-state index contributed by atoms with van der Waals surface area (Å²) in [6.45, 7) is 9.23. The van der Waals surface area contributed by atoms with Crippen LogP contribution in [0.15, 0.2) is 95.4 Å². The van der Waals surface area contributed by atoms with Crippen molar-refractivity contribution in [1.82, 2.24) is 4.57 Å². The summed E-state index contributed by atoms with van der Waals surface area (Å²) in [5, 5.41) is 1.16. The molecular formula is C34H27NO. The molecule has 0 saturated carbocycles. The molecule has 2 heteroatoms. The highest BCUT2D eigenvalue weighted by Crippen LogP contribution is 2.55. The Morgan fingerprint density at radius 1 is 0.611 bits per heavy atom. The highest BCUT2D eigenvalue weighted by Gasteiger charge is 2.42. The van der Waals surface area contributed by atoms with Crippen molar-refractivity contribution >= 4 is 22.0 Å². The molecular weight excluding hydrogens is 438 g/mol. The maximum absolute atomic E-state index is 6.78. The Bertz CT molecular complexity index is 1890. The molecule has 8 rings (SSSR count). The number of nitrogens with zero attached hydrogens (tertiary/aromatic N) is 1. The van der Waals surface area contributed by atoms with Gasteiger partial charge in [0.05, 0.1) is 5.52 Å². The second-order valence-corrected chi connectivity index (χ2v) is 11.4. The van der Waals surface area contributed by atoms with Crippen molar-refractivity contribution in [2.75, 3.05) is 0 Å². The van der Waals surface area contributed by atoms with Gasteiger partial charge in [0.2, 0.25) is 0 Å². The zero-order chi connectivity index (χ0) is 24.4. The molecule has 0 amide bonds. The van der Waals surface area contributed by atoms with Gasteiger partial charge in [0.25, 0.3) is 0 Å². The number of para-hydroxylation sites is 1. The van der Waals surface area contributed by atoms with Crippen LogP contribution in [0.5, 0.6) is 0 Å². The third-order valence-electron chi connectivity index (χ3n) is 8.76. The first-order valence-electron chi connectivity index (χ1n) is 12.8. The molecule has 0 spiro atoms. The Kier molecular flexibility index (Phi) is 3.58. The maximum Gasteiger partial charge on any atom is 0.161 e. The minimum atomic E-state index is -0.169. The van der Waals surface area contributed by atoms with Crippen molar-refractivity contribution in [3.63, 3.8) is 0 Å². The van der Waals surface area contributed by atoms with E-state index >= 15 is 0 Å². The summed E-state index contributed by atoms with van der Waals surface area (Å²) >= 11 is 0. The molecule has 0 fully saturated rings. The Hall–Kier alpha value is -4.04. The molecule has 0 radical (unpaired) electrons. The van der Waals surface area contributed by atoms with Crippen LogP contribution in [-0.2, 0) is 10.8 Å². The van der Waals surface area contributed by atoms with Crippen molar-refractivity contribution in [2.24, 2.45) is 0 Å². The number of aromatic nitrogens is 1. The molecule has 0 bridgehead atoms. The van der Waals surface area contributed by atoms with Crippen LogP contribution in [-0.4, -0.2) is 4.57 Å². The fourth-order valence-electron chi connectivity index (χ4n) is 6.97. The number of hydrogen-bond donors (Lipinski definition) is 0. The van der Waals surface area contributed by atoms with Crippen LogP contribution < -0.4 is 0 Å². The van der Waals surface area contributed by atoms with Gasteiger partial charge in [0, 0.05) is 27.5 Å². The lowest BCUT2D eigenvalue weighted by Crippen LogP contribution is -2.14. The molecule has 0 atom stereocenters. The average molecular weight is 466 g/mol. The first-order chi connectivity index (χ1) is 17.4. The van der Waals surface area contributed by atoms with Crippen LogP contribution in [0.25, 0.3) is 49.9 Å². The lowest BCUT2D eigenvalue weighted by Gasteiger charge is -2.21. The highest BCUT2D eigenvalue weighted by molar-refractivity contribution is 6.13. The zero-order valence-electron chi connectivity index (χ0n) is 21.0. The molecule has 2 heterocycles. The van der Waals surface area contributed by atoms with E-state index in [0.717, 1.165) is 16.7 Å². The van der Waals surface area contributed by atoms with Crippen LogP contribution in [0.1, 0.15) is 50.1 Å². The van der Waals surface area contributed by atoms with Gasteiger partial charge in [-0.15, -0.1) is 0 Å². The van der Waals surface area contributed by atoms with Gasteiger partial charge in [0.15, 0.2) is 5.58 Å². The maximum atomic E-state index is 6.78. The highest BCUT2D eigenvalue weighted by atomic mass is 16.3. The topological polar surface area (TPSA) is 18.1 Å². The molecule has 2 aliphatic carbocycles. The van der Waals surface area contributed by atoms with Gasteiger partial charge in [-0.05, 0) is 71.5 Å². The second kappa shape index (κ2) is 6.39. The third kappa shape index (κ3) is 2.24. The van der Waals surface area contributed by atoms with Crippen LogP contribution in [0.4, 0.5) is 0 Å². The van der Waals surface area contributed by atoms with E-state index in [1.807, 2.05) is 0 Å². The Morgan fingerprint density at radius 3 is 2.06 bits per heavy atom. The molecule has 0 saturated heterocycles. The van der Waals surface area contributed by atoms with Gasteiger partial charge in [-0.25, -0.2) is 0 Å². The number of benzene rings is 4. The Labute approximate surface area is 210 Å². The van der Waals surface area contributed by atoms with Gasteiger partial charge in [-0.1, -0.05) is 80.6 Å². The average Bonchev–Trinajstić information content (AvgIpc) is 3.55.